The van der Waals surface area contributed by atoms with Crippen LogP contribution in [0.2, 0.25) is 0 Å². The fourth-order valence-corrected chi connectivity index (χ4v) is 2.33. The lowest BCUT2D eigenvalue weighted by molar-refractivity contribution is 0.487. The third kappa shape index (κ3) is 1.77. The predicted octanol–water partition coefficient (Wildman–Crippen LogP) is 3.76. The summed E-state index contributed by atoms with van der Waals surface area (Å²) < 4.78 is 0. The molecule has 1 aliphatic rings. The molecule has 0 heterocycles. The molecule has 70 valence electrons. The molecule has 0 aromatic heterocycles. The van der Waals surface area contributed by atoms with Crippen molar-refractivity contribution in [2.75, 3.05) is 0 Å². The second-order valence-electron chi connectivity index (χ2n) is 4.74. The molecule has 0 aliphatic heterocycles. The van der Waals surface area contributed by atoms with Crippen molar-refractivity contribution in [2.45, 2.75) is 38.5 Å². The first kappa shape index (κ1) is 8.80. The summed E-state index contributed by atoms with van der Waals surface area (Å²) in [4.78, 5) is 0. The summed E-state index contributed by atoms with van der Waals surface area (Å²) in [6, 6.07) is 11.0. The molecule has 0 bridgehead atoms. The first-order valence-corrected chi connectivity index (χ1v) is 5.28. The zero-order chi connectivity index (χ0) is 9.31. The average molecular weight is 174 g/mol. The van der Waals surface area contributed by atoms with Crippen molar-refractivity contribution in [1.29, 1.82) is 0 Å². The SMILES string of the molecule is CC(C)CC1(c2ccccc2)CC1. The van der Waals surface area contributed by atoms with Crippen LogP contribution in [-0.2, 0) is 5.41 Å². The lowest BCUT2D eigenvalue weighted by Crippen LogP contribution is -2.09. The van der Waals surface area contributed by atoms with E-state index in [4.69, 9.17) is 0 Å². The van der Waals surface area contributed by atoms with Crippen LogP contribution >= 0.6 is 0 Å². The monoisotopic (exact) mass is 174 g/mol. The minimum absolute atomic E-state index is 0.565. The molecule has 13 heavy (non-hydrogen) atoms. The van der Waals surface area contributed by atoms with Crippen molar-refractivity contribution in [3.8, 4) is 0 Å². The molecule has 2 rings (SSSR count). The summed E-state index contributed by atoms with van der Waals surface area (Å²) in [7, 11) is 0. The second kappa shape index (κ2) is 3.17. The van der Waals surface area contributed by atoms with Crippen LogP contribution in [0, 0.1) is 5.92 Å². The van der Waals surface area contributed by atoms with Crippen LogP contribution in [-0.4, -0.2) is 0 Å². The molecule has 1 aromatic carbocycles. The number of rotatable bonds is 3. The summed E-state index contributed by atoms with van der Waals surface area (Å²) in [6.45, 7) is 4.64. The van der Waals surface area contributed by atoms with Gasteiger partial charge in [0.2, 0.25) is 0 Å². The molecule has 0 spiro atoms. The van der Waals surface area contributed by atoms with E-state index in [1.54, 1.807) is 5.56 Å². The summed E-state index contributed by atoms with van der Waals surface area (Å²) in [5.74, 6) is 0.822. The van der Waals surface area contributed by atoms with Crippen LogP contribution in [0.4, 0.5) is 0 Å². The van der Waals surface area contributed by atoms with Gasteiger partial charge in [-0.2, -0.15) is 0 Å². The number of hydrogen-bond acceptors (Lipinski definition) is 0. The van der Waals surface area contributed by atoms with Gasteiger partial charge in [0.05, 0.1) is 0 Å². The highest BCUT2D eigenvalue weighted by Gasteiger charge is 2.43. The lowest BCUT2D eigenvalue weighted by Gasteiger charge is -2.17. The molecule has 1 aliphatic carbocycles. The van der Waals surface area contributed by atoms with E-state index >= 15 is 0 Å². The first-order chi connectivity index (χ1) is 6.23. The minimum Gasteiger partial charge on any atom is -0.0627 e. The molecule has 1 saturated carbocycles. The van der Waals surface area contributed by atoms with Gasteiger partial charge < -0.3 is 0 Å². The average Bonchev–Trinajstić information content (AvgIpc) is 2.86. The molecule has 1 fully saturated rings. The Morgan fingerprint density at radius 3 is 2.23 bits per heavy atom. The summed E-state index contributed by atoms with van der Waals surface area (Å²) >= 11 is 0. The third-order valence-corrected chi connectivity index (χ3v) is 3.04. The summed E-state index contributed by atoms with van der Waals surface area (Å²) in [5.41, 5.74) is 2.12. The highest BCUT2D eigenvalue weighted by atomic mass is 14.5. The fourth-order valence-electron chi connectivity index (χ4n) is 2.33. The lowest BCUT2D eigenvalue weighted by atomic mass is 9.87. The Morgan fingerprint density at radius 2 is 1.77 bits per heavy atom. The van der Waals surface area contributed by atoms with Gasteiger partial charge in [0.15, 0.2) is 0 Å². The van der Waals surface area contributed by atoms with Crippen molar-refractivity contribution < 1.29 is 0 Å². The van der Waals surface area contributed by atoms with Crippen LogP contribution in [0.3, 0.4) is 0 Å². The molecule has 0 amide bonds. The molecule has 0 radical (unpaired) electrons. The summed E-state index contributed by atoms with van der Waals surface area (Å²) in [6.07, 6.45) is 4.15. The number of hydrogen-bond donors (Lipinski definition) is 0. The van der Waals surface area contributed by atoms with Gasteiger partial charge in [0.25, 0.3) is 0 Å². The Labute approximate surface area is 81.0 Å². The molecule has 0 saturated heterocycles. The Hall–Kier alpha value is -0.780. The molecular weight excluding hydrogens is 156 g/mol. The maximum absolute atomic E-state index is 2.32. The van der Waals surface area contributed by atoms with Gasteiger partial charge in [-0.1, -0.05) is 44.2 Å². The summed E-state index contributed by atoms with van der Waals surface area (Å²) in [5, 5.41) is 0. The van der Waals surface area contributed by atoms with E-state index in [1.165, 1.54) is 19.3 Å². The van der Waals surface area contributed by atoms with E-state index < -0.39 is 0 Å². The van der Waals surface area contributed by atoms with E-state index in [0.717, 1.165) is 5.92 Å². The fraction of sp³-hybridized carbons (Fsp3) is 0.538. The molecule has 1 aromatic rings. The van der Waals surface area contributed by atoms with Gasteiger partial charge in [-0.25, -0.2) is 0 Å². The maximum atomic E-state index is 2.32. The first-order valence-electron chi connectivity index (χ1n) is 5.28. The standard InChI is InChI=1S/C13H18/c1-11(2)10-13(8-9-13)12-6-4-3-5-7-12/h3-7,11H,8-10H2,1-2H3. The van der Waals surface area contributed by atoms with E-state index in [-0.39, 0.29) is 0 Å². The van der Waals surface area contributed by atoms with E-state index in [1.807, 2.05) is 0 Å². The van der Waals surface area contributed by atoms with Crippen LogP contribution in [0.25, 0.3) is 0 Å². The molecule has 0 heteroatoms. The molecule has 0 nitrogen and oxygen atoms in total. The normalized spacial score (nSPS) is 19.0. The molecular formula is C13H18. The second-order valence-corrected chi connectivity index (χ2v) is 4.74. The number of benzene rings is 1. The topological polar surface area (TPSA) is 0 Å². The van der Waals surface area contributed by atoms with Gasteiger partial charge in [-0.3, -0.25) is 0 Å². The largest absolute Gasteiger partial charge is 0.0627 e. The Morgan fingerprint density at radius 1 is 1.15 bits per heavy atom. The van der Waals surface area contributed by atoms with Crippen LogP contribution < -0.4 is 0 Å². The van der Waals surface area contributed by atoms with Gasteiger partial charge >= 0.3 is 0 Å². The van der Waals surface area contributed by atoms with Crippen molar-refractivity contribution in [1.82, 2.24) is 0 Å². The van der Waals surface area contributed by atoms with Gasteiger partial charge in [-0.05, 0) is 36.2 Å². The van der Waals surface area contributed by atoms with Crippen molar-refractivity contribution in [3.05, 3.63) is 35.9 Å². The van der Waals surface area contributed by atoms with E-state index in [9.17, 15) is 0 Å². The zero-order valence-electron chi connectivity index (χ0n) is 8.59. The van der Waals surface area contributed by atoms with Gasteiger partial charge in [0, 0.05) is 0 Å². The third-order valence-electron chi connectivity index (χ3n) is 3.04. The Kier molecular flexibility index (Phi) is 2.15. The van der Waals surface area contributed by atoms with Crippen molar-refractivity contribution in [3.63, 3.8) is 0 Å². The Bertz CT molecular complexity index is 267. The van der Waals surface area contributed by atoms with Crippen LogP contribution in [0.5, 0.6) is 0 Å². The smallest absolute Gasteiger partial charge is 0.00439 e. The minimum atomic E-state index is 0.565. The Balaban J connectivity index is 2.16. The quantitative estimate of drug-likeness (QED) is 0.654. The highest BCUT2D eigenvalue weighted by Crippen LogP contribution is 2.52. The van der Waals surface area contributed by atoms with Crippen LogP contribution in [0.1, 0.15) is 38.7 Å². The molecule has 0 unspecified atom stereocenters. The molecule has 0 atom stereocenters. The van der Waals surface area contributed by atoms with Gasteiger partial charge in [0.1, 0.15) is 0 Å². The highest BCUT2D eigenvalue weighted by molar-refractivity contribution is 5.30. The zero-order valence-corrected chi connectivity index (χ0v) is 8.59. The van der Waals surface area contributed by atoms with Gasteiger partial charge in [-0.15, -0.1) is 0 Å². The van der Waals surface area contributed by atoms with E-state index in [0.29, 0.717) is 5.41 Å². The van der Waals surface area contributed by atoms with E-state index in [2.05, 4.69) is 44.2 Å². The van der Waals surface area contributed by atoms with Crippen LogP contribution in [0.15, 0.2) is 30.3 Å². The van der Waals surface area contributed by atoms with Crippen molar-refractivity contribution in [2.24, 2.45) is 5.92 Å². The molecule has 0 N–H and O–H groups in total. The predicted molar refractivity (Wildman–Crippen MR) is 56.8 cm³/mol. The maximum Gasteiger partial charge on any atom is -0.00439 e. The van der Waals surface area contributed by atoms with Crippen molar-refractivity contribution >= 4 is 0 Å².